The number of nitrogens with two attached hydrogens (primary N) is 1. The van der Waals surface area contributed by atoms with Crippen molar-refractivity contribution in [3.8, 4) is 0 Å². The van der Waals surface area contributed by atoms with Crippen LogP contribution in [0.15, 0.2) is 6.07 Å². The predicted molar refractivity (Wildman–Crippen MR) is 150 cm³/mol. The smallest absolute Gasteiger partial charge is 0.336 e. The number of hydrogen-bond acceptors (Lipinski definition) is 3. The van der Waals surface area contributed by atoms with Crippen LogP contribution in [0.1, 0.15) is 175 Å². The van der Waals surface area contributed by atoms with Crippen molar-refractivity contribution in [1.82, 2.24) is 0 Å². The van der Waals surface area contributed by atoms with E-state index >= 15 is 0 Å². The summed E-state index contributed by atoms with van der Waals surface area (Å²) in [6, 6.07) is 1.62. The highest BCUT2D eigenvalue weighted by Crippen LogP contribution is 2.36. The third kappa shape index (κ3) is 11.2. The quantitative estimate of drug-likeness (QED) is 0.116. The minimum Gasteiger partial charge on any atom is -0.478 e. The molecule has 0 aliphatic rings. The van der Waals surface area contributed by atoms with Crippen LogP contribution in [0.25, 0.3) is 0 Å². The summed E-state index contributed by atoms with van der Waals surface area (Å²) in [5.41, 5.74) is 8.98. The van der Waals surface area contributed by atoms with E-state index in [0.717, 1.165) is 30.7 Å². The molecule has 200 valence electrons. The molecule has 0 fully saturated rings. The van der Waals surface area contributed by atoms with Gasteiger partial charge in [0, 0.05) is 17.7 Å². The van der Waals surface area contributed by atoms with Crippen molar-refractivity contribution in [1.29, 1.82) is 0 Å². The molecule has 0 saturated heterocycles. The summed E-state index contributed by atoms with van der Waals surface area (Å²) in [6.45, 7) is 12.6. The van der Waals surface area contributed by atoms with Crippen molar-refractivity contribution < 1.29 is 14.7 Å². The normalized spacial score (nSPS) is 11.7. The van der Waals surface area contributed by atoms with Gasteiger partial charge in [-0.3, -0.25) is 4.79 Å². The lowest BCUT2D eigenvalue weighted by atomic mass is 9.83. The molecule has 0 atom stereocenters. The lowest BCUT2D eigenvalue weighted by molar-refractivity contribution is 0.0691. The van der Waals surface area contributed by atoms with E-state index in [1.54, 1.807) is 6.07 Å². The maximum atomic E-state index is 13.1. The molecule has 3 N–H and O–H groups in total. The summed E-state index contributed by atoms with van der Waals surface area (Å²) < 4.78 is 0. The number of carboxylic acid groups (broad SMARTS) is 1. The number of Topliss-reactive ketones (excluding diaryl/α,β-unsaturated/α-hetero) is 1. The summed E-state index contributed by atoms with van der Waals surface area (Å²) in [5, 5.41) is 9.83. The van der Waals surface area contributed by atoms with E-state index in [0.29, 0.717) is 23.2 Å². The maximum absolute atomic E-state index is 13.1. The number of ketones is 1. The summed E-state index contributed by atoms with van der Waals surface area (Å²) in [7, 11) is 0. The monoisotopic (exact) mass is 487 g/mol. The maximum Gasteiger partial charge on any atom is 0.336 e. The number of rotatable bonds is 19. The highest BCUT2D eigenvalue weighted by Gasteiger charge is 2.26. The molecule has 0 amide bonds. The van der Waals surface area contributed by atoms with Crippen LogP contribution >= 0.6 is 0 Å². The van der Waals surface area contributed by atoms with Crippen LogP contribution in [0, 0.1) is 5.92 Å². The number of aromatic carboxylic acids is 1. The van der Waals surface area contributed by atoms with Gasteiger partial charge in [0.15, 0.2) is 5.78 Å². The summed E-state index contributed by atoms with van der Waals surface area (Å²) in [6.07, 6.45) is 16.7. The highest BCUT2D eigenvalue weighted by atomic mass is 16.4. The first-order chi connectivity index (χ1) is 16.6. The Morgan fingerprint density at radius 2 is 1.20 bits per heavy atom. The number of nitrogen functional groups attached to an aromatic ring is 1. The molecule has 0 saturated carbocycles. The SMILES string of the molecule is CC(C)CCCCCCCCCCCCCCC(=O)c1c(C(=O)O)cc(C(C)C)c(N)c1C(C)C. The van der Waals surface area contributed by atoms with Crippen LogP contribution in [-0.4, -0.2) is 16.9 Å². The zero-order valence-electron chi connectivity index (χ0n) is 23.5. The van der Waals surface area contributed by atoms with Gasteiger partial charge < -0.3 is 10.8 Å². The van der Waals surface area contributed by atoms with Gasteiger partial charge >= 0.3 is 5.97 Å². The first kappa shape index (κ1) is 31.2. The van der Waals surface area contributed by atoms with E-state index in [2.05, 4.69) is 13.8 Å². The van der Waals surface area contributed by atoms with Gasteiger partial charge in [0.05, 0.1) is 5.56 Å². The fourth-order valence-electron chi connectivity index (χ4n) is 5.02. The molecular formula is C31H53NO3. The second kappa shape index (κ2) is 16.8. The molecule has 0 bridgehead atoms. The minimum atomic E-state index is -1.05. The third-order valence-electron chi connectivity index (χ3n) is 7.08. The standard InChI is InChI=1S/C31H53NO3/c1-22(2)19-17-15-13-11-9-7-8-10-12-14-16-18-20-27(33)29-26(31(34)35)21-25(23(3)4)30(32)28(29)24(5)6/h21-24H,7-20,32H2,1-6H3,(H,34,35). The fraction of sp³-hybridized carbons (Fsp3) is 0.742. The van der Waals surface area contributed by atoms with Crippen molar-refractivity contribution in [2.24, 2.45) is 5.92 Å². The van der Waals surface area contributed by atoms with Crippen molar-refractivity contribution in [2.45, 2.75) is 143 Å². The third-order valence-corrected chi connectivity index (χ3v) is 7.08. The van der Waals surface area contributed by atoms with Crippen LogP contribution in [0.3, 0.4) is 0 Å². The topological polar surface area (TPSA) is 80.4 Å². The predicted octanol–water partition coefficient (Wildman–Crippen LogP) is 9.51. The molecule has 4 heteroatoms. The molecular weight excluding hydrogens is 434 g/mol. The van der Waals surface area contributed by atoms with Crippen LogP contribution in [0.2, 0.25) is 0 Å². The van der Waals surface area contributed by atoms with E-state index in [9.17, 15) is 14.7 Å². The first-order valence-electron chi connectivity index (χ1n) is 14.3. The number of benzene rings is 1. The van der Waals surface area contributed by atoms with Gasteiger partial charge in [0.1, 0.15) is 0 Å². The zero-order chi connectivity index (χ0) is 26.4. The Labute approximate surface area is 215 Å². The number of unbranched alkanes of at least 4 members (excludes halogenated alkanes) is 11. The van der Waals surface area contributed by atoms with Crippen LogP contribution < -0.4 is 5.73 Å². The molecule has 0 aromatic heterocycles. The number of carboxylic acids is 1. The second-order valence-electron chi connectivity index (χ2n) is 11.4. The Morgan fingerprint density at radius 3 is 1.60 bits per heavy atom. The zero-order valence-corrected chi connectivity index (χ0v) is 23.5. The van der Waals surface area contributed by atoms with Crippen molar-refractivity contribution in [2.75, 3.05) is 5.73 Å². The highest BCUT2D eigenvalue weighted by molar-refractivity contribution is 6.08. The van der Waals surface area contributed by atoms with Crippen molar-refractivity contribution in [3.05, 3.63) is 28.3 Å². The number of carbonyl (C=O) groups excluding carboxylic acids is 1. The van der Waals surface area contributed by atoms with Gasteiger partial charge in [-0.2, -0.15) is 0 Å². The molecule has 0 aliphatic heterocycles. The molecule has 35 heavy (non-hydrogen) atoms. The fourth-order valence-corrected chi connectivity index (χ4v) is 5.02. The Kier molecular flexibility index (Phi) is 14.9. The minimum absolute atomic E-state index is 0.00853. The Morgan fingerprint density at radius 1 is 0.743 bits per heavy atom. The molecule has 0 spiro atoms. The van der Waals surface area contributed by atoms with Gasteiger partial charge in [0.2, 0.25) is 0 Å². The van der Waals surface area contributed by atoms with Crippen molar-refractivity contribution >= 4 is 17.4 Å². The molecule has 1 aromatic carbocycles. The molecule has 0 unspecified atom stereocenters. The summed E-state index contributed by atoms with van der Waals surface area (Å²) in [5.74, 6) is -0.202. The molecule has 1 aromatic rings. The Bertz CT molecular complexity index is 780. The number of anilines is 1. The molecule has 4 nitrogen and oxygen atoms in total. The number of hydrogen-bond donors (Lipinski definition) is 2. The van der Waals surface area contributed by atoms with E-state index in [-0.39, 0.29) is 23.2 Å². The summed E-state index contributed by atoms with van der Waals surface area (Å²) in [4.78, 5) is 25.2. The average molecular weight is 488 g/mol. The average Bonchev–Trinajstić information content (AvgIpc) is 2.77. The van der Waals surface area contributed by atoms with Crippen LogP contribution in [0.5, 0.6) is 0 Å². The molecule has 0 heterocycles. The van der Waals surface area contributed by atoms with E-state index < -0.39 is 5.97 Å². The summed E-state index contributed by atoms with van der Waals surface area (Å²) >= 11 is 0. The largest absolute Gasteiger partial charge is 0.478 e. The Balaban J connectivity index is 2.41. The van der Waals surface area contributed by atoms with Gasteiger partial charge in [-0.15, -0.1) is 0 Å². The second-order valence-corrected chi connectivity index (χ2v) is 11.4. The lowest BCUT2D eigenvalue weighted by Crippen LogP contribution is -2.17. The van der Waals surface area contributed by atoms with Crippen molar-refractivity contribution in [3.63, 3.8) is 0 Å². The van der Waals surface area contributed by atoms with Gasteiger partial charge in [-0.1, -0.05) is 119 Å². The van der Waals surface area contributed by atoms with Gasteiger partial charge in [0.25, 0.3) is 0 Å². The molecule has 0 radical (unpaired) electrons. The van der Waals surface area contributed by atoms with Crippen LogP contribution in [-0.2, 0) is 0 Å². The van der Waals surface area contributed by atoms with Crippen LogP contribution in [0.4, 0.5) is 5.69 Å². The van der Waals surface area contributed by atoms with Gasteiger partial charge in [-0.25, -0.2) is 4.79 Å². The molecule has 0 aliphatic carbocycles. The Hall–Kier alpha value is -1.84. The van der Waals surface area contributed by atoms with E-state index in [1.165, 1.54) is 64.2 Å². The number of carbonyl (C=O) groups is 2. The van der Waals surface area contributed by atoms with Gasteiger partial charge in [-0.05, 0) is 41.4 Å². The van der Waals surface area contributed by atoms with E-state index in [1.807, 2.05) is 27.7 Å². The van der Waals surface area contributed by atoms with E-state index in [4.69, 9.17) is 5.73 Å². The molecule has 1 rings (SSSR count). The lowest BCUT2D eigenvalue weighted by Gasteiger charge is -2.22. The first-order valence-corrected chi connectivity index (χ1v) is 14.3.